The predicted octanol–water partition coefficient (Wildman–Crippen LogP) is 2.50. The molecule has 7 heteroatoms. The lowest BCUT2D eigenvalue weighted by molar-refractivity contribution is -0.131. The van der Waals surface area contributed by atoms with E-state index in [1.165, 1.54) is 11.0 Å². The van der Waals surface area contributed by atoms with Gasteiger partial charge in [-0.2, -0.15) is 0 Å². The van der Waals surface area contributed by atoms with Gasteiger partial charge in [0.1, 0.15) is 12.2 Å². The number of barbiturate groups is 1. The fraction of sp³-hybridized carbons (Fsp3) is 0.381. The van der Waals surface area contributed by atoms with E-state index in [1.807, 2.05) is 6.92 Å². The zero-order valence-corrected chi connectivity index (χ0v) is 15.7. The number of ether oxygens (including phenoxy) is 2. The van der Waals surface area contributed by atoms with Crippen LogP contribution in [-0.4, -0.2) is 42.0 Å². The van der Waals surface area contributed by atoms with Crippen LogP contribution in [0.1, 0.15) is 38.2 Å². The molecule has 1 aliphatic carbocycles. The summed E-state index contributed by atoms with van der Waals surface area (Å²) in [5, 5.41) is 2.27. The third kappa shape index (κ3) is 4.01. The van der Waals surface area contributed by atoms with Gasteiger partial charge in [0.15, 0.2) is 11.5 Å². The Balaban J connectivity index is 1.91. The minimum absolute atomic E-state index is 0.0776. The van der Waals surface area contributed by atoms with E-state index in [0.29, 0.717) is 23.7 Å². The molecule has 0 aromatic heterocycles. The van der Waals surface area contributed by atoms with Gasteiger partial charge in [-0.1, -0.05) is 24.8 Å². The van der Waals surface area contributed by atoms with E-state index in [4.69, 9.17) is 15.9 Å². The summed E-state index contributed by atoms with van der Waals surface area (Å²) >= 11 is 0. The van der Waals surface area contributed by atoms with Crippen LogP contribution in [0.15, 0.2) is 23.8 Å². The lowest BCUT2D eigenvalue weighted by atomic mass is 10.0. The second-order valence-electron chi connectivity index (χ2n) is 6.56. The van der Waals surface area contributed by atoms with Crippen molar-refractivity contribution in [1.82, 2.24) is 10.2 Å². The minimum atomic E-state index is -0.699. The third-order valence-corrected chi connectivity index (χ3v) is 4.71. The van der Waals surface area contributed by atoms with Crippen molar-refractivity contribution in [3.05, 3.63) is 29.3 Å². The molecule has 1 saturated carbocycles. The van der Waals surface area contributed by atoms with Gasteiger partial charge in [0.2, 0.25) is 0 Å². The number of amides is 4. The Morgan fingerprint density at radius 2 is 1.96 bits per heavy atom. The van der Waals surface area contributed by atoms with Crippen LogP contribution < -0.4 is 14.8 Å². The smallest absolute Gasteiger partial charge is 0.331 e. The number of hydrogen-bond acceptors (Lipinski definition) is 5. The molecule has 3 rings (SSSR count). The van der Waals surface area contributed by atoms with Gasteiger partial charge < -0.3 is 9.47 Å². The van der Waals surface area contributed by atoms with Crippen molar-refractivity contribution in [2.75, 3.05) is 13.2 Å². The molecule has 28 heavy (non-hydrogen) atoms. The summed E-state index contributed by atoms with van der Waals surface area (Å²) in [4.78, 5) is 38.5. The molecule has 7 nitrogen and oxygen atoms in total. The first-order valence-corrected chi connectivity index (χ1v) is 9.28. The van der Waals surface area contributed by atoms with Gasteiger partial charge >= 0.3 is 6.03 Å². The molecule has 1 saturated heterocycles. The fourth-order valence-electron chi connectivity index (χ4n) is 3.45. The third-order valence-electron chi connectivity index (χ3n) is 4.71. The summed E-state index contributed by atoms with van der Waals surface area (Å²) < 4.78 is 11.0. The largest absolute Gasteiger partial charge is 0.490 e. The van der Waals surface area contributed by atoms with E-state index in [-0.39, 0.29) is 18.2 Å². The van der Waals surface area contributed by atoms with Gasteiger partial charge in [-0.05, 0) is 43.5 Å². The van der Waals surface area contributed by atoms with E-state index in [2.05, 4.69) is 11.2 Å². The van der Waals surface area contributed by atoms with Crippen LogP contribution in [0.5, 0.6) is 11.5 Å². The minimum Gasteiger partial charge on any atom is -0.490 e. The topological polar surface area (TPSA) is 84.9 Å². The fourth-order valence-corrected chi connectivity index (χ4v) is 3.45. The van der Waals surface area contributed by atoms with Crippen LogP contribution in [0, 0.1) is 12.3 Å². The van der Waals surface area contributed by atoms with Crippen molar-refractivity contribution in [2.24, 2.45) is 0 Å². The molecule has 2 aliphatic rings. The molecule has 0 radical (unpaired) electrons. The second-order valence-corrected chi connectivity index (χ2v) is 6.56. The Kier molecular flexibility index (Phi) is 5.99. The molecular weight excluding hydrogens is 360 g/mol. The van der Waals surface area contributed by atoms with E-state index in [0.717, 1.165) is 25.7 Å². The first-order valence-electron chi connectivity index (χ1n) is 9.28. The summed E-state index contributed by atoms with van der Waals surface area (Å²) in [5.41, 5.74) is 0.502. The highest BCUT2D eigenvalue weighted by atomic mass is 16.5. The van der Waals surface area contributed by atoms with Crippen molar-refractivity contribution < 1.29 is 23.9 Å². The normalized spacial score (nSPS) is 18.9. The maximum Gasteiger partial charge on any atom is 0.331 e. The molecule has 0 atom stereocenters. The van der Waals surface area contributed by atoms with E-state index >= 15 is 0 Å². The Bertz CT molecular complexity index is 862. The number of hydrogen-bond donors (Lipinski definition) is 1. The SMILES string of the molecule is C#CCOc1ccc(/C=C2\C(=O)NC(=O)N(C3CCCC3)C2=O)cc1OCC. The van der Waals surface area contributed by atoms with Crippen molar-refractivity contribution in [2.45, 2.75) is 38.6 Å². The zero-order chi connectivity index (χ0) is 20.1. The number of nitrogens with zero attached hydrogens (tertiary/aromatic N) is 1. The lowest BCUT2D eigenvalue weighted by Gasteiger charge is -2.31. The Labute approximate surface area is 163 Å². The highest BCUT2D eigenvalue weighted by Gasteiger charge is 2.40. The van der Waals surface area contributed by atoms with Gasteiger partial charge in [-0.25, -0.2) is 4.79 Å². The summed E-state index contributed by atoms with van der Waals surface area (Å²) in [5.74, 6) is 2.06. The first kappa shape index (κ1) is 19.5. The Hall–Kier alpha value is -3.27. The lowest BCUT2D eigenvalue weighted by Crippen LogP contribution is -2.57. The van der Waals surface area contributed by atoms with Crippen molar-refractivity contribution >= 4 is 23.9 Å². The average Bonchev–Trinajstić information content (AvgIpc) is 3.19. The number of benzene rings is 1. The molecule has 0 bridgehead atoms. The van der Waals surface area contributed by atoms with E-state index in [9.17, 15) is 14.4 Å². The van der Waals surface area contributed by atoms with Gasteiger partial charge in [-0.3, -0.25) is 19.8 Å². The van der Waals surface area contributed by atoms with Crippen LogP contribution in [0.4, 0.5) is 4.79 Å². The van der Waals surface area contributed by atoms with Gasteiger partial charge in [-0.15, -0.1) is 6.42 Å². The monoisotopic (exact) mass is 382 g/mol. The molecule has 1 N–H and O–H groups in total. The Morgan fingerprint density at radius 1 is 1.21 bits per heavy atom. The number of urea groups is 1. The van der Waals surface area contributed by atoms with Crippen LogP contribution in [0.2, 0.25) is 0 Å². The van der Waals surface area contributed by atoms with Crippen LogP contribution in [-0.2, 0) is 9.59 Å². The summed E-state index contributed by atoms with van der Waals surface area (Å²) in [6.45, 7) is 2.34. The second kappa shape index (κ2) is 8.61. The van der Waals surface area contributed by atoms with Crippen molar-refractivity contribution in [3.8, 4) is 23.8 Å². The number of nitrogens with one attached hydrogen (secondary N) is 1. The molecule has 0 spiro atoms. The highest BCUT2D eigenvalue weighted by Crippen LogP contribution is 2.31. The summed E-state index contributed by atoms with van der Waals surface area (Å²) in [6.07, 6.45) is 10.1. The van der Waals surface area contributed by atoms with Gasteiger partial charge in [0.25, 0.3) is 11.8 Å². The van der Waals surface area contributed by atoms with Crippen molar-refractivity contribution in [1.29, 1.82) is 0 Å². The van der Waals surface area contributed by atoms with Crippen molar-refractivity contribution in [3.63, 3.8) is 0 Å². The maximum absolute atomic E-state index is 12.9. The Morgan fingerprint density at radius 3 is 2.64 bits per heavy atom. The zero-order valence-electron chi connectivity index (χ0n) is 15.7. The molecule has 1 aromatic rings. The predicted molar refractivity (Wildman–Crippen MR) is 103 cm³/mol. The molecule has 146 valence electrons. The number of rotatable bonds is 6. The summed E-state index contributed by atoms with van der Waals surface area (Å²) in [7, 11) is 0. The average molecular weight is 382 g/mol. The van der Waals surface area contributed by atoms with Crippen LogP contribution in [0.25, 0.3) is 6.08 Å². The van der Waals surface area contributed by atoms with Gasteiger partial charge in [0, 0.05) is 6.04 Å². The molecule has 0 unspecified atom stereocenters. The first-order chi connectivity index (χ1) is 13.5. The standard InChI is InChI=1S/C21H22N2O5/c1-3-11-28-17-10-9-14(13-18(17)27-4-2)12-16-19(24)22-21(26)23(20(16)25)15-7-5-6-8-15/h1,9-10,12-13,15H,4-8,11H2,2H3,(H,22,24,26)/b16-12+. The molecular formula is C21H22N2O5. The molecule has 1 aromatic carbocycles. The van der Waals surface area contributed by atoms with Crippen LogP contribution in [0.3, 0.4) is 0 Å². The number of imide groups is 2. The van der Waals surface area contributed by atoms with Gasteiger partial charge in [0.05, 0.1) is 6.61 Å². The van der Waals surface area contributed by atoms with E-state index in [1.54, 1.807) is 18.2 Å². The molecule has 1 heterocycles. The number of carbonyl (C=O) groups is 3. The molecule has 1 aliphatic heterocycles. The van der Waals surface area contributed by atoms with Crippen LogP contribution >= 0.6 is 0 Å². The van der Waals surface area contributed by atoms with E-state index < -0.39 is 17.8 Å². The quantitative estimate of drug-likeness (QED) is 0.464. The highest BCUT2D eigenvalue weighted by molar-refractivity contribution is 6.31. The number of terminal acetylenes is 1. The maximum atomic E-state index is 12.9. The molecule has 4 amide bonds. The summed E-state index contributed by atoms with van der Waals surface area (Å²) in [6, 6.07) is 4.21. The molecule has 2 fully saturated rings. The number of carbonyl (C=O) groups excluding carboxylic acids is 3.